The maximum atomic E-state index is 5.86. The Hall–Kier alpha value is -0.860. The van der Waals surface area contributed by atoms with Crippen LogP contribution in [-0.2, 0) is 0 Å². The average molecular weight is 216 g/mol. The summed E-state index contributed by atoms with van der Waals surface area (Å²) in [7, 11) is 0. The topological polar surface area (TPSA) is 38.0 Å². The molecule has 2 fully saturated rings. The first-order chi connectivity index (χ1) is 7.83. The lowest BCUT2D eigenvalue weighted by Crippen LogP contribution is -2.34. The lowest BCUT2D eigenvalue weighted by Gasteiger charge is -2.33. The van der Waals surface area contributed by atoms with Crippen molar-refractivity contribution >= 4 is 0 Å². The van der Waals surface area contributed by atoms with Gasteiger partial charge < -0.3 is 11.1 Å². The molecule has 3 N–H and O–H groups in total. The van der Waals surface area contributed by atoms with E-state index in [0.717, 1.165) is 18.4 Å². The summed E-state index contributed by atoms with van der Waals surface area (Å²) in [4.78, 5) is 0. The van der Waals surface area contributed by atoms with Gasteiger partial charge in [0.2, 0.25) is 0 Å². The Kier molecular flexibility index (Phi) is 2.70. The number of hydrogen-bond acceptors (Lipinski definition) is 2. The molecule has 0 spiro atoms. The fourth-order valence-electron chi connectivity index (χ4n) is 2.94. The number of benzene rings is 1. The molecule has 0 aromatic heterocycles. The second-order valence-electron chi connectivity index (χ2n) is 5.29. The lowest BCUT2D eigenvalue weighted by atomic mass is 9.75. The highest BCUT2D eigenvalue weighted by Crippen LogP contribution is 2.36. The van der Waals surface area contributed by atoms with Crippen molar-refractivity contribution in [3.05, 3.63) is 35.4 Å². The third-order valence-electron chi connectivity index (χ3n) is 4.09. The van der Waals surface area contributed by atoms with Crippen LogP contribution in [0.15, 0.2) is 24.3 Å². The molecule has 3 rings (SSSR count). The summed E-state index contributed by atoms with van der Waals surface area (Å²) >= 11 is 0. The Bertz CT molecular complexity index is 363. The molecular formula is C14H20N2. The highest BCUT2D eigenvalue weighted by atomic mass is 14.9. The zero-order chi connectivity index (χ0) is 11.0. The molecule has 1 heterocycles. The van der Waals surface area contributed by atoms with Crippen molar-refractivity contribution < 1.29 is 0 Å². The van der Waals surface area contributed by atoms with E-state index < -0.39 is 0 Å². The Morgan fingerprint density at radius 2 is 1.88 bits per heavy atom. The molecule has 86 valence electrons. The van der Waals surface area contributed by atoms with E-state index in [4.69, 9.17) is 5.73 Å². The zero-order valence-corrected chi connectivity index (χ0v) is 9.65. The van der Waals surface area contributed by atoms with Crippen LogP contribution in [0, 0.1) is 0 Å². The first-order valence-corrected chi connectivity index (χ1v) is 6.39. The van der Waals surface area contributed by atoms with Crippen LogP contribution in [0.25, 0.3) is 0 Å². The Morgan fingerprint density at radius 3 is 2.50 bits per heavy atom. The molecule has 0 radical (unpaired) electrons. The van der Waals surface area contributed by atoms with Crippen molar-refractivity contribution in [2.45, 2.75) is 37.1 Å². The van der Waals surface area contributed by atoms with E-state index in [-0.39, 0.29) is 0 Å². The molecule has 1 atom stereocenters. The molecule has 0 bridgehead atoms. The molecule has 2 nitrogen and oxygen atoms in total. The molecule has 1 aromatic carbocycles. The first-order valence-electron chi connectivity index (χ1n) is 6.39. The molecule has 1 saturated carbocycles. The van der Waals surface area contributed by atoms with Gasteiger partial charge in [0, 0.05) is 12.6 Å². The fourth-order valence-corrected chi connectivity index (χ4v) is 2.94. The SMILES string of the molecule is NC1CC(c2cccc(C3CCNC3)c2)C1. The van der Waals surface area contributed by atoms with Crippen LogP contribution in [-0.4, -0.2) is 19.1 Å². The summed E-state index contributed by atoms with van der Waals surface area (Å²) in [5.74, 6) is 1.46. The van der Waals surface area contributed by atoms with Gasteiger partial charge in [0.15, 0.2) is 0 Å². The average Bonchev–Trinajstić information content (AvgIpc) is 2.78. The standard InChI is InChI=1S/C14H20N2/c15-14-7-13(8-14)11-3-1-2-10(6-11)12-4-5-16-9-12/h1-3,6,12-14,16H,4-5,7-9,15H2. The molecule has 16 heavy (non-hydrogen) atoms. The molecule has 2 aliphatic rings. The number of rotatable bonds is 2. The van der Waals surface area contributed by atoms with Crippen molar-refractivity contribution in [3.63, 3.8) is 0 Å². The van der Waals surface area contributed by atoms with Gasteiger partial charge in [0.05, 0.1) is 0 Å². The summed E-state index contributed by atoms with van der Waals surface area (Å²) in [5.41, 5.74) is 8.88. The molecule has 1 saturated heterocycles. The van der Waals surface area contributed by atoms with Crippen LogP contribution >= 0.6 is 0 Å². The van der Waals surface area contributed by atoms with E-state index in [9.17, 15) is 0 Å². The normalized spacial score (nSPS) is 33.7. The van der Waals surface area contributed by atoms with E-state index in [1.807, 2.05) is 0 Å². The Balaban J connectivity index is 1.77. The quantitative estimate of drug-likeness (QED) is 0.793. The maximum Gasteiger partial charge on any atom is 0.00504 e. The predicted molar refractivity (Wildman–Crippen MR) is 66.6 cm³/mol. The monoisotopic (exact) mass is 216 g/mol. The molecule has 1 aliphatic heterocycles. The van der Waals surface area contributed by atoms with Gasteiger partial charge in [-0.05, 0) is 48.8 Å². The first kappa shape index (κ1) is 10.3. The Morgan fingerprint density at radius 1 is 1.12 bits per heavy atom. The summed E-state index contributed by atoms with van der Waals surface area (Å²) in [6.45, 7) is 2.32. The second-order valence-corrected chi connectivity index (χ2v) is 5.29. The molecule has 2 heteroatoms. The predicted octanol–water partition coefficient (Wildman–Crippen LogP) is 1.97. The van der Waals surface area contributed by atoms with Gasteiger partial charge in [-0.2, -0.15) is 0 Å². The lowest BCUT2D eigenvalue weighted by molar-refractivity contribution is 0.351. The van der Waals surface area contributed by atoms with Gasteiger partial charge >= 0.3 is 0 Å². The minimum Gasteiger partial charge on any atom is -0.328 e. The van der Waals surface area contributed by atoms with Gasteiger partial charge in [-0.1, -0.05) is 24.3 Å². The summed E-state index contributed by atoms with van der Waals surface area (Å²) in [5, 5.41) is 3.43. The molecule has 1 aromatic rings. The minimum atomic E-state index is 0.446. The van der Waals surface area contributed by atoms with E-state index in [2.05, 4.69) is 29.6 Å². The third-order valence-corrected chi connectivity index (χ3v) is 4.09. The zero-order valence-electron chi connectivity index (χ0n) is 9.65. The second kappa shape index (κ2) is 4.19. The van der Waals surface area contributed by atoms with E-state index in [1.165, 1.54) is 36.9 Å². The minimum absolute atomic E-state index is 0.446. The van der Waals surface area contributed by atoms with E-state index in [0.29, 0.717) is 6.04 Å². The fraction of sp³-hybridized carbons (Fsp3) is 0.571. The summed E-state index contributed by atoms with van der Waals surface area (Å²) < 4.78 is 0. The summed E-state index contributed by atoms with van der Waals surface area (Å²) in [6.07, 6.45) is 3.63. The van der Waals surface area contributed by atoms with Gasteiger partial charge in [-0.15, -0.1) is 0 Å². The van der Waals surface area contributed by atoms with Crippen molar-refractivity contribution in [2.24, 2.45) is 5.73 Å². The van der Waals surface area contributed by atoms with Crippen molar-refractivity contribution in [1.82, 2.24) is 5.32 Å². The summed E-state index contributed by atoms with van der Waals surface area (Å²) in [6, 6.07) is 9.62. The van der Waals surface area contributed by atoms with E-state index >= 15 is 0 Å². The van der Waals surface area contributed by atoms with Crippen LogP contribution in [0.5, 0.6) is 0 Å². The van der Waals surface area contributed by atoms with Gasteiger partial charge in [0.25, 0.3) is 0 Å². The van der Waals surface area contributed by atoms with Gasteiger partial charge in [-0.3, -0.25) is 0 Å². The number of hydrogen-bond donors (Lipinski definition) is 2. The molecule has 1 aliphatic carbocycles. The third kappa shape index (κ3) is 1.87. The van der Waals surface area contributed by atoms with Crippen molar-refractivity contribution in [3.8, 4) is 0 Å². The van der Waals surface area contributed by atoms with Crippen LogP contribution in [0.4, 0.5) is 0 Å². The molecule has 0 amide bonds. The molecule has 1 unspecified atom stereocenters. The van der Waals surface area contributed by atoms with Crippen LogP contribution in [0.3, 0.4) is 0 Å². The highest BCUT2D eigenvalue weighted by molar-refractivity contribution is 5.31. The Labute approximate surface area is 97.2 Å². The molecular weight excluding hydrogens is 196 g/mol. The smallest absolute Gasteiger partial charge is 0.00504 e. The van der Waals surface area contributed by atoms with Crippen molar-refractivity contribution in [1.29, 1.82) is 0 Å². The number of nitrogens with one attached hydrogen (secondary N) is 1. The highest BCUT2D eigenvalue weighted by Gasteiger charge is 2.27. The van der Waals surface area contributed by atoms with Crippen LogP contribution in [0.2, 0.25) is 0 Å². The maximum absolute atomic E-state index is 5.86. The van der Waals surface area contributed by atoms with E-state index in [1.54, 1.807) is 0 Å². The number of nitrogens with two attached hydrogens (primary N) is 1. The van der Waals surface area contributed by atoms with Crippen LogP contribution < -0.4 is 11.1 Å². The van der Waals surface area contributed by atoms with Crippen LogP contribution in [0.1, 0.15) is 42.2 Å². The largest absolute Gasteiger partial charge is 0.328 e. The van der Waals surface area contributed by atoms with Crippen molar-refractivity contribution in [2.75, 3.05) is 13.1 Å². The van der Waals surface area contributed by atoms with Gasteiger partial charge in [0.1, 0.15) is 0 Å². The van der Waals surface area contributed by atoms with Gasteiger partial charge in [-0.25, -0.2) is 0 Å².